The molecule has 0 spiro atoms. The van der Waals surface area contributed by atoms with Crippen molar-refractivity contribution >= 4 is 28.0 Å². The van der Waals surface area contributed by atoms with E-state index in [0.29, 0.717) is 17.9 Å². The van der Waals surface area contributed by atoms with Crippen LogP contribution in [0.3, 0.4) is 0 Å². The number of rotatable bonds is 10. The Balaban J connectivity index is 1.62. The van der Waals surface area contributed by atoms with Crippen LogP contribution in [0.25, 0.3) is 0 Å². The number of methoxy groups -OCH3 is 3. The van der Waals surface area contributed by atoms with Gasteiger partial charge in [-0.05, 0) is 48.4 Å². The number of carbonyl (C=O) groups is 3. The largest absolute Gasteiger partial charge is 0.514 e. The molecule has 0 saturated heterocycles. The topological polar surface area (TPSA) is 159 Å². The van der Waals surface area contributed by atoms with E-state index in [2.05, 4.69) is 15.0 Å². The van der Waals surface area contributed by atoms with Crippen LogP contribution in [0, 0.1) is 0 Å². The fourth-order valence-corrected chi connectivity index (χ4v) is 4.22. The van der Waals surface area contributed by atoms with Gasteiger partial charge in [-0.2, -0.15) is 0 Å². The van der Waals surface area contributed by atoms with E-state index >= 15 is 0 Å². The molecular weight excluding hydrogens is 518 g/mol. The molecule has 13 heteroatoms. The van der Waals surface area contributed by atoms with Gasteiger partial charge in [0.25, 0.3) is 21.8 Å². The Morgan fingerprint density at radius 1 is 0.868 bits per heavy atom. The Labute approximate surface area is 218 Å². The molecule has 38 heavy (non-hydrogen) atoms. The average molecular weight is 544 g/mol. The second-order valence-electron chi connectivity index (χ2n) is 7.60. The third kappa shape index (κ3) is 7.20. The van der Waals surface area contributed by atoms with Crippen molar-refractivity contribution in [2.24, 2.45) is 0 Å². The lowest BCUT2D eigenvalue weighted by Crippen LogP contribution is -2.31. The summed E-state index contributed by atoms with van der Waals surface area (Å²) in [7, 11) is -0.127. The minimum atomic E-state index is -4.31. The predicted molar refractivity (Wildman–Crippen MR) is 134 cm³/mol. The minimum absolute atomic E-state index is 0.0959. The highest BCUT2D eigenvalue weighted by molar-refractivity contribution is 7.90. The molecule has 2 aromatic carbocycles. The van der Waals surface area contributed by atoms with Gasteiger partial charge < -0.3 is 24.3 Å². The zero-order valence-corrected chi connectivity index (χ0v) is 21.5. The number of hydrogen-bond donors (Lipinski definition) is 2. The number of benzene rings is 2. The highest BCUT2D eigenvalue weighted by Crippen LogP contribution is 2.27. The lowest BCUT2D eigenvalue weighted by Gasteiger charge is -2.11. The molecule has 0 radical (unpaired) electrons. The van der Waals surface area contributed by atoms with Crippen LogP contribution >= 0.6 is 0 Å². The van der Waals surface area contributed by atoms with Crippen LogP contribution < -0.4 is 24.2 Å². The molecule has 1 aromatic heterocycles. The van der Waals surface area contributed by atoms with Crippen LogP contribution in [-0.2, 0) is 21.2 Å². The molecule has 1 heterocycles. The number of nitrogens with zero attached hydrogens (tertiary/aromatic N) is 1. The smallest absolute Gasteiger partial charge is 0.493 e. The summed E-state index contributed by atoms with van der Waals surface area (Å²) < 4.78 is 47.0. The summed E-state index contributed by atoms with van der Waals surface area (Å²) >= 11 is 0. The van der Waals surface area contributed by atoms with Crippen molar-refractivity contribution in [3.63, 3.8) is 0 Å². The monoisotopic (exact) mass is 543 g/mol. The van der Waals surface area contributed by atoms with Crippen molar-refractivity contribution in [2.75, 3.05) is 27.9 Å². The van der Waals surface area contributed by atoms with E-state index in [1.54, 1.807) is 12.1 Å². The lowest BCUT2D eigenvalue weighted by molar-refractivity contribution is 0.0951. The van der Waals surface area contributed by atoms with Gasteiger partial charge in [0.1, 0.15) is 0 Å². The summed E-state index contributed by atoms with van der Waals surface area (Å²) in [5, 5.41) is 2.74. The van der Waals surface area contributed by atoms with Crippen LogP contribution in [0.5, 0.6) is 17.4 Å². The zero-order valence-electron chi connectivity index (χ0n) is 20.7. The molecule has 12 nitrogen and oxygen atoms in total. The fourth-order valence-electron chi connectivity index (χ4n) is 3.20. The average Bonchev–Trinajstić information content (AvgIpc) is 2.93. The second-order valence-corrected chi connectivity index (χ2v) is 9.28. The third-order valence-corrected chi connectivity index (χ3v) is 6.46. The van der Waals surface area contributed by atoms with E-state index in [1.165, 1.54) is 44.6 Å². The lowest BCUT2D eigenvalue weighted by atomic mass is 10.1. The molecule has 0 aliphatic carbocycles. The second kappa shape index (κ2) is 12.5. The van der Waals surface area contributed by atoms with Gasteiger partial charge in [0.15, 0.2) is 11.5 Å². The summed E-state index contributed by atoms with van der Waals surface area (Å²) in [5.41, 5.74) is 0.898. The summed E-state index contributed by atoms with van der Waals surface area (Å²) in [6.45, 7) is 0.282. The van der Waals surface area contributed by atoms with E-state index in [9.17, 15) is 22.8 Å². The van der Waals surface area contributed by atoms with E-state index in [4.69, 9.17) is 14.2 Å². The summed E-state index contributed by atoms with van der Waals surface area (Å²) in [6.07, 6.45) is 0.533. The van der Waals surface area contributed by atoms with Gasteiger partial charge in [-0.15, -0.1) is 0 Å². The number of aromatic nitrogens is 1. The first kappa shape index (κ1) is 27.9. The number of pyridine rings is 1. The van der Waals surface area contributed by atoms with Crippen LogP contribution in [0.15, 0.2) is 65.7 Å². The van der Waals surface area contributed by atoms with Gasteiger partial charge in [-0.1, -0.05) is 12.1 Å². The molecule has 3 aromatic rings. The minimum Gasteiger partial charge on any atom is -0.493 e. The first-order chi connectivity index (χ1) is 18.2. The number of nitrogens with one attached hydrogen (secondary N) is 2. The van der Waals surface area contributed by atoms with Crippen molar-refractivity contribution in [1.29, 1.82) is 0 Å². The standard InChI is InChI=1S/C25H25N3O9S/c1-34-20-9-7-16(13-21(20)35-2)11-12-26-23(29)17-5-4-6-19(14-17)38(32,33)28-24(30)18-8-10-22(27-15-18)37-25(31)36-3/h4-10,13-15H,11-12H2,1-3H3,(H,26,29)(H,28,30). The quantitative estimate of drug-likeness (QED) is 0.363. The summed E-state index contributed by atoms with van der Waals surface area (Å²) in [4.78, 5) is 39.6. The van der Waals surface area contributed by atoms with Crippen LogP contribution in [0.4, 0.5) is 4.79 Å². The van der Waals surface area contributed by atoms with Crippen molar-refractivity contribution in [1.82, 2.24) is 15.0 Å². The van der Waals surface area contributed by atoms with Crippen molar-refractivity contribution in [2.45, 2.75) is 11.3 Å². The van der Waals surface area contributed by atoms with Gasteiger partial charge in [-0.25, -0.2) is 22.9 Å². The normalized spacial score (nSPS) is 10.7. The fraction of sp³-hybridized carbons (Fsp3) is 0.200. The highest BCUT2D eigenvalue weighted by atomic mass is 32.2. The molecular formula is C25H25N3O9S. The number of sulfonamides is 1. The molecule has 0 atom stereocenters. The molecule has 0 bridgehead atoms. The van der Waals surface area contributed by atoms with Gasteiger partial charge in [0, 0.05) is 24.4 Å². The first-order valence-corrected chi connectivity index (χ1v) is 12.5. The Morgan fingerprint density at radius 3 is 2.29 bits per heavy atom. The van der Waals surface area contributed by atoms with E-state index in [1.807, 2.05) is 10.8 Å². The highest BCUT2D eigenvalue weighted by Gasteiger charge is 2.21. The number of carbonyl (C=O) groups excluding carboxylic acids is 3. The van der Waals surface area contributed by atoms with Gasteiger partial charge in [-0.3, -0.25) is 9.59 Å². The molecule has 0 aliphatic rings. The maximum atomic E-state index is 12.8. The summed E-state index contributed by atoms with van der Waals surface area (Å²) in [6, 6.07) is 13.1. The van der Waals surface area contributed by atoms with Crippen LogP contribution in [0.2, 0.25) is 0 Å². The summed E-state index contributed by atoms with van der Waals surface area (Å²) in [5.74, 6) is -0.434. The Bertz CT molecular complexity index is 1420. The Hall–Kier alpha value is -4.65. The van der Waals surface area contributed by atoms with Crippen molar-refractivity contribution < 1.29 is 41.7 Å². The van der Waals surface area contributed by atoms with Crippen LogP contribution in [0.1, 0.15) is 26.3 Å². The predicted octanol–water partition coefficient (Wildman–Crippen LogP) is 2.34. The Morgan fingerprint density at radius 2 is 1.63 bits per heavy atom. The Kier molecular flexibility index (Phi) is 9.22. The van der Waals surface area contributed by atoms with Crippen molar-refractivity contribution in [3.8, 4) is 17.4 Å². The zero-order chi connectivity index (χ0) is 27.7. The van der Waals surface area contributed by atoms with Gasteiger partial charge in [0.2, 0.25) is 5.88 Å². The molecule has 2 N–H and O–H groups in total. The molecule has 0 fully saturated rings. The van der Waals surface area contributed by atoms with Crippen LogP contribution in [-0.4, -0.2) is 59.2 Å². The number of amides is 2. The van der Waals surface area contributed by atoms with Gasteiger partial charge in [0.05, 0.1) is 31.8 Å². The maximum absolute atomic E-state index is 12.8. The first-order valence-electron chi connectivity index (χ1n) is 11.0. The van der Waals surface area contributed by atoms with Crippen molar-refractivity contribution in [3.05, 3.63) is 77.5 Å². The molecule has 0 saturated carbocycles. The maximum Gasteiger partial charge on any atom is 0.514 e. The van der Waals surface area contributed by atoms with E-state index in [-0.39, 0.29) is 28.4 Å². The molecule has 2 amide bonds. The van der Waals surface area contributed by atoms with E-state index < -0.39 is 28.0 Å². The molecule has 0 unspecified atom stereocenters. The van der Waals surface area contributed by atoms with Gasteiger partial charge >= 0.3 is 6.16 Å². The molecule has 200 valence electrons. The number of hydrogen-bond acceptors (Lipinski definition) is 10. The number of ether oxygens (including phenoxy) is 4. The third-order valence-electron chi connectivity index (χ3n) is 5.13. The molecule has 0 aliphatic heterocycles. The SMILES string of the molecule is COC(=O)Oc1ccc(C(=O)NS(=O)(=O)c2cccc(C(=O)NCCc3ccc(OC)c(OC)c3)c2)cn1. The van der Waals surface area contributed by atoms with E-state index in [0.717, 1.165) is 24.9 Å². The molecule has 3 rings (SSSR count).